The fourth-order valence-electron chi connectivity index (χ4n) is 3.19. The van der Waals surface area contributed by atoms with E-state index in [0.29, 0.717) is 22.8 Å². The summed E-state index contributed by atoms with van der Waals surface area (Å²) in [5.74, 6) is 0.551. The molecule has 0 saturated carbocycles. The number of methoxy groups -OCH3 is 1. The van der Waals surface area contributed by atoms with Crippen LogP contribution in [0.1, 0.15) is 18.4 Å². The van der Waals surface area contributed by atoms with Crippen molar-refractivity contribution in [3.8, 4) is 5.75 Å². The molecule has 2 aromatic carbocycles. The highest BCUT2D eigenvalue weighted by Crippen LogP contribution is 2.33. The van der Waals surface area contributed by atoms with Gasteiger partial charge in [-0.3, -0.25) is 4.55 Å². The van der Waals surface area contributed by atoms with Crippen LogP contribution in [0.15, 0.2) is 51.5 Å². The molecule has 3 N–H and O–H groups in total. The van der Waals surface area contributed by atoms with Crippen LogP contribution in [0, 0.1) is 0 Å². The molecule has 3 rings (SSSR count). The van der Waals surface area contributed by atoms with E-state index in [-0.39, 0.29) is 4.90 Å². The summed E-state index contributed by atoms with van der Waals surface area (Å²) in [7, 11) is -2.67. The average molecular weight is 404 g/mol. The smallest absolute Gasteiger partial charge is 0.294 e. The molecule has 0 radical (unpaired) electrons. The number of likely N-dealkylation sites (tertiary alicyclic amines) is 1. The van der Waals surface area contributed by atoms with Crippen molar-refractivity contribution < 1.29 is 17.7 Å². The molecule has 1 fully saturated rings. The number of azo groups is 1. The maximum absolute atomic E-state index is 11.1. The van der Waals surface area contributed by atoms with Gasteiger partial charge in [-0.25, -0.2) is 0 Å². The van der Waals surface area contributed by atoms with E-state index in [1.54, 1.807) is 13.2 Å². The Hall–Kier alpha value is -2.49. The second kappa shape index (κ2) is 8.68. The Labute approximate surface area is 164 Å². The predicted molar refractivity (Wildman–Crippen MR) is 107 cm³/mol. The highest BCUT2D eigenvalue weighted by molar-refractivity contribution is 7.85. The van der Waals surface area contributed by atoms with Gasteiger partial charge in [-0.15, -0.1) is 0 Å². The summed E-state index contributed by atoms with van der Waals surface area (Å²) in [6.45, 7) is 3.18. The summed E-state index contributed by atoms with van der Waals surface area (Å²) in [5.41, 5.74) is 8.84. The predicted octanol–water partition coefficient (Wildman–Crippen LogP) is 3.58. The fraction of sp³-hybridized carbons (Fsp3) is 0.368. The third-order valence-corrected chi connectivity index (χ3v) is 5.61. The van der Waals surface area contributed by atoms with E-state index in [4.69, 9.17) is 15.0 Å². The van der Waals surface area contributed by atoms with Crippen molar-refractivity contribution in [2.45, 2.75) is 24.2 Å². The molecule has 2 aromatic rings. The lowest BCUT2D eigenvalue weighted by Gasteiger charge is -2.16. The van der Waals surface area contributed by atoms with Crippen molar-refractivity contribution in [1.29, 1.82) is 0 Å². The van der Waals surface area contributed by atoms with E-state index in [2.05, 4.69) is 15.1 Å². The molecule has 28 heavy (non-hydrogen) atoms. The van der Waals surface area contributed by atoms with Gasteiger partial charge in [0.1, 0.15) is 5.75 Å². The van der Waals surface area contributed by atoms with Gasteiger partial charge in [0, 0.05) is 12.6 Å². The summed E-state index contributed by atoms with van der Waals surface area (Å²) in [6.07, 6.45) is 3.28. The molecule has 1 heterocycles. The second-order valence-electron chi connectivity index (χ2n) is 6.69. The minimum absolute atomic E-state index is 0.190. The van der Waals surface area contributed by atoms with E-state index in [1.165, 1.54) is 37.1 Å². The molecule has 1 aliphatic heterocycles. The summed E-state index contributed by atoms with van der Waals surface area (Å²) < 4.78 is 36.6. The molecule has 8 nitrogen and oxygen atoms in total. The van der Waals surface area contributed by atoms with Gasteiger partial charge in [0.25, 0.3) is 10.1 Å². The molecule has 0 unspecified atom stereocenters. The molecule has 150 valence electrons. The molecule has 9 heteroatoms. The number of benzene rings is 2. The Bertz CT molecular complexity index is 953. The van der Waals surface area contributed by atoms with Gasteiger partial charge >= 0.3 is 0 Å². The standard InChI is InChI=1S/C19H24N4O4S/c1-27-18-13-16(12-14(19(18)20)8-11-23-9-2-3-10-23)22-21-15-4-6-17(7-5-15)28(24,25)26/h4-7,12-13H,2-3,8-11,20H2,1H3,(H,24,25,26)/b22-21+. The number of hydrogen-bond donors (Lipinski definition) is 2. The van der Waals surface area contributed by atoms with Crippen molar-refractivity contribution in [3.05, 3.63) is 42.0 Å². The van der Waals surface area contributed by atoms with Crippen molar-refractivity contribution in [3.63, 3.8) is 0 Å². The van der Waals surface area contributed by atoms with E-state index in [1.807, 2.05) is 6.07 Å². The molecule has 1 aliphatic rings. The monoisotopic (exact) mass is 404 g/mol. The van der Waals surface area contributed by atoms with Crippen LogP contribution in [-0.4, -0.2) is 44.6 Å². The maximum atomic E-state index is 11.1. The summed E-state index contributed by atoms with van der Waals surface area (Å²) in [6, 6.07) is 9.09. The highest BCUT2D eigenvalue weighted by Gasteiger charge is 2.14. The Morgan fingerprint density at radius 3 is 2.36 bits per heavy atom. The number of nitrogens with two attached hydrogens (primary N) is 1. The Morgan fingerprint density at radius 1 is 1.11 bits per heavy atom. The number of nitrogens with zero attached hydrogens (tertiary/aromatic N) is 3. The zero-order chi connectivity index (χ0) is 20.1. The van der Waals surface area contributed by atoms with E-state index < -0.39 is 10.1 Å². The van der Waals surface area contributed by atoms with Crippen molar-refractivity contribution in [1.82, 2.24) is 4.90 Å². The lowest BCUT2D eigenvalue weighted by molar-refractivity contribution is 0.343. The first kappa shape index (κ1) is 20.2. The lowest BCUT2D eigenvalue weighted by atomic mass is 10.1. The van der Waals surface area contributed by atoms with Crippen LogP contribution in [0.5, 0.6) is 5.75 Å². The van der Waals surface area contributed by atoms with Gasteiger partial charge in [-0.2, -0.15) is 18.6 Å². The molecule has 0 atom stereocenters. The highest BCUT2D eigenvalue weighted by atomic mass is 32.2. The number of hydrogen-bond acceptors (Lipinski definition) is 7. The molecule has 0 aliphatic carbocycles. The minimum Gasteiger partial charge on any atom is -0.495 e. The number of anilines is 1. The average Bonchev–Trinajstić information content (AvgIpc) is 3.19. The summed E-state index contributed by atoms with van der Waals surface area (Å²) in [5, 5.41) is 8.35. The molecule has 1 saturated heterocycles. The van der Waals surface area contributed by atoms with Crippen LogP contribution >= 0.6 is 0 Å². The van der Waals surface area contributed by atoms with Crippen LogP contribution in [0.3, 0.4) is 0 Å². The van der Waals surface area contributed by atoms with E-state index in [0.717, 1.165) is 31.6 Å². The largest absolute Gasteiger partial charge is 0.495 e. The number of nitrogen functional groups attached to an aromatic ring is 1. The topological polar surface area (TPSA) is 118 Å². The zero-order valence-corrected chi connectivity index (χ0v) is 16.5. The fourth-order valence-corrected chi connectivity index (χ4v) is 3.67. The van der Waals surface area contributed by atoms with Crippen LogP contribution < -0.4 is 10.5 Å². The van der Waals surface area contributed by atoms with Gasteiger partial charge in [0.05, 0.1) is 29.1 Å². The summed E-state index contributed by atoms with van der Waals surface area (Å²) in [4.78, 5) is 2.22. The number of rotatable bonds is 7. The third-order valence-electron chi connectivity index (χ3n) is 4.74. The van der Waals surface area contributed by atoms with E-state index >= 15 is 0 Å². The van der Waals surface area contributed by atoms with Crippen molar-refractivity contribution in [2.24, 2.45) is 10.2 Å². The second-order valence-corrected chi connectivity index (χ2v) is 8.11. The Morgan fingerprint density at radius 2 is 1.75 bits per heavy atom. The first-order valence-corrected chi connectivity index (χ1v) is 10.5. The van der Waals surface area contributed by atoms with Gasteiger partial charge in [-0.05, 0) is 68.2 Å². The SMILES string of the molecule is COc1cc(/N=N/c2ccc(S(=O)(=O)O)cc2)cc(CCN2CCCC2)c1N. The van der Waals surface area contributed by atoms with Crippen LogP contribution in [0.25, 0.3) is 0 Å². The number of ether oxygens (including phenoxy) is 1. The first-order valence-electron chi connectivity index (χ1n) is 9.05. The normalized spacial score (nSPS) is 15.4. The van der Waals surface area contributed by atoms with Crippen LogP contribution in [0.4, 0.5) is 17.1 Å². The lowest BCUT2D eigenvalue weighted by Crippen LogP contribution is -2.22. The molecule has 0 amide bonds. The third kappa shape index (κ3) is 5.06. The van der Waals surface area contributed by atoms with Gasteiger partial charge < -0.3 is 15.4 Å². The molecular formula is C19H24N4O4S. The van der Waals surface area contributed by atoms with Crippen LogP contribution in [0.2, 0.25) is 0 Å². The molecule has 0 spiro atoms. The first-order chi connectivity index (χ1) is 13.4. The Balaban J connectivity index is 1.78. The van der Waals surface area contributed by atoms with Gasteiger partial charge in [-0.1, -0.05) is 0 Å². The van der Waals surface area contributed by atoms with E-state index in [9.17, 15) is 8.42 Å². The zero-order valence-electron chi connectivity index (χ0n) is 15.7. The Kier molecular flexibility index (Phi) is 6.28. The van der Waals surface area contributed by atoms with Crippen molar-refractivity contribution >= 4 is 27.2 Å². The summed E-state index contributed by atoms with van der Waals surface area (Å²) >= 11 is 0. The minimum atomic E-state index is -4.23. The van der Waals surface area contributed by atoms with Crippen molar-refractivity contribution in [2.75, 3.05) is 32.5 Å². The van der Waals surface area contributed by atoms with Gasteiger partial charge in [0.15, 0.2) is 0 Å². The molecule has 0 bridgehead atoms. The maximum Gasteiger partial charge on any atom is 0.294 e. The van der Waals surface area contributed by atoms with Gasteiger partial charge in [0.2, 0.25) is 0 Å². The van der Waals surface area contributed by atoms with Crippen LogP contribution in [-0.2, 0) is 16.5 Å². The quantitative estimate of drug-likeness (QED) is 0.414. The molecule has 0 aromatic heterocycles. The molecular weight excluding hydrogens is 380 g/mol.